The number of rotatable bonds is 2. The second-order valence-corrected chi connectivity index (χ2v) is 4.99. The van der Waals surface area contributed by atoms with Gasteiger partial charge in [0.2, 0.25) is 0 Å². The number of hydrogen-bond donors (Lipinski definition) is 1. The highest BCUT2D eigenvalue weighted by atomic mass is 79.9. The second kappa shape index (κ2) is 5.55. The van der Waals surface area contributed by atoms with Crippen molar-refractivity contribution in [1.82, 2.24) is 0 Å². The average molecular weight is 344 g/mol. The number of anilines is 2. The van der Waals surface area contributed by atoms with Crippen molar-refractivity contribution in [2.75, 3.05) is 5.32 Å². The molecule has 2 aromatic carbocycles. The molecule has 0 saturated carbocycles. The Morgan fingerprint density at radius 1 is 1.21 bits per heavy atom. The Bertz CT molecular complexity index is 660. The Hall–Kier alpha value is -1.64. The fourth-order valence-electron chi connectivity index (χ4n) is 1.51. The van der Waals surface area contributed by atoms with E-state index in [9.17, 15) is 8.78 Å². The highest BCUT2D eigenvalue weighted by Gasteiger charge is 2.12. The van der Waals surface area contributed by atoms with Crippen molar-refractivity contribution in [3.05, 3.63) is 57.0 Å². The van der Waals surface area contributed by atoms with Crippen LogP contribution in [0.25, 0.3) is 0 Å². The molecule has 2 rings (SSSR count). The first-order valence-electron chi connectivity index (χ1n) is 5.12. The van der Waals surface area contributed by atoms with Crippen molar-refractivity contribution >= 4 is 38.9 Å². The molecule has 0 aromatic heterocycles. The quantitative estimate of drug-likeness (QED) is 0.833. The van der Waals surface area contributed by atoms with E-state index in [1.54, 1.807) is 18.2 Å². The summed E-state index contributed by atoms with van der Waals surface area (Å²) in [5.41, 5.74) is 0.633. The lowest BCUT2D eigenvalue weighted by Crippen LogP contribution is -1.98. The van der Waals surface area contributed by atoms with Gasteiger partial charge in [-0.25, -0.2) is 8.78 Å². The fourth-order valence-corrected chi connectivity index (χ4v) is 2.12. The Morgan fingerprint density at radius 2 is 1.95 bits per heavy atom. The van der Waals surface area contributed by atoms with E-state index in [0.717, 1.165) is 16.6 Å². The predicted octanol–water partition coefficient (Wildman–Crippen LogP) is 5.00. The molecule has 0 fully saturated rings. The van der Waals surface area contributed by atoms with Gasteiger partial charge in [-0.2, -0.15) is 5.26 Å². The maximum atomic E-state index is 13.6. The van der Waals surface area contributed by atoms with E-state index in [2.05, 4.69) is 21.2 Å². The van der Waals surface area contributed by atoms with Gasteiger partial charge in [-0.05, 0) is 24.3 Å². The molecule has 0 spiro atoms. The number of nitriles is 1. The molecule has 2 nitrogen and oxygen atoms in total. The van der Waals surface area contributed by atoms with Crippen LogP contribution in [0.2, 0.25) is 5.02 Å². The summed E-state index contributed by atoms with van der Waals surface area (Å²) in [6, 6.07) is 8.57. The van der Waals surface area contributed by atoms with Gasteiger partial charge in [-0.15, -0.1) is 0 Å². The Balaban J connectivity index is 2.45. The van der Waals surface area contributed by atoms with Crippen LogP contribution < -0.4 is 5.32 Å². The Morgan fingerprint density at radius 3 is 2.58 bits per heavy atom. The molecule has 0 bridgehead atoms. The number of benzene rings is 2. The van der Waals surface area contributed by atoms with Crippen LogP contribution in [0.15, 0.2) is 34.8 Å². The van der Waals surface area contributed by atoms with Crippen LogP contribution in [0.5, 0.6) is 0 Å². The summed E-state index contributed by atoms with van der Waals surface area (Å²) in [5.74, 6) is -1.58. The first-order valence-corrected chi connectivity index (χ1v) is 6.29. The minimum atomic E-state index is -0.822. The summed E-state index contributed by atoms with van der Waals surface area (Å²) < 4.78 is 27.3. The van der Waals surface area contributed by atoms with E-state index in [1.165, 1.54) is 0 Å². The predicted molar refractivity (Wildman–Crippen MR) is 73.5 cm³/mol. The molecule has 0 amide bonds. The van der Waals surface area contributed by atoms with E-state index in [1.807, 2.05) is 6.07 Å². The minimum absolute atomic E-state index is 0.0677. The monoisotopic (exact) mass is 342 g/mol. The molecule has 6 heteroatoms. The van der Waals surface area contributed by atoms with Gasteiger partial charge in [0.05, 0.1) is 22.0 Å². The first-order chi connectivity index (χ1) is 9.01. The standard InChI is InChI=1S/C13H6BrClF2N2/c14-8-1-2-12(7(3-8)6-18)19-13-10(15)4-9(16)5-11(13)17/h1-5,19H. The topological polar surface area (TPSA) is 35.8 Å². The lowest BCUT2D eigenvalue weighted by Gasteiger charge is -2.11. The summed E-state index contributed by atoms with van der Waals surface area (Å²) in [7, 11) is 0. The summed E-state index contributed by atoms with van der Waals surface area (Å²) in [6.07, 6.45) is 0. The smallest absolute Gasteiger partial charge is 0.151 e. The zero-order chi connectivity index (χ0) is 14.0. The van der Waals surface area contributed by atoms with Crippen molar-refractivity contribution in [3.63, 3.8) is 0 Å². The molecule has 0 aliphatic heterocycles. The van der Waals surface area contributed by atoms with Gasteiger partial charge in [0, 0.05) is 10.5 Å². The molecule has 0 aliphatic rings. The molecule has 2 aromatic rings. The van der Waals surface area contributed by atoms with Crippen molar-refractivity contribution < 1.29 is 8.78 Å². The molecule has 96 valence electrons. The van der Waals surface area contributed by atoms with Crippen LogP contribution >= 0.6 is 27.5 Å². The third-order valence-corrected chi connectivity index (χ3v) is 3.16. The normalized spacial score (nSPS) is 10.1. The van der Waals surface area contributed by atoms with E-state index >= 15 is 0 Å². The maximum absolute atomic E-state index is 13.6. The third-order valence-electron chi connectivity index (χ3n) is 2.37. The van der Waals surface area contributed by atoms with Crippen molar-refractivity contribution in [1.29, 1.82) is 5.26 Å². The van der Waals surface area contributed by atoms with Crippen LogP contribution in [0.4, 0.5) is 20.2 Å². The van der Waals surface area contributed by atoms with Gasteiger partial charge >= 0.3 is 0 Å². The van der Waals surface area contributed by atoms with Crippen molar-refractivity contribution in [3.8, 4) is 6.07 Å². The van der Waals surface area contributed by atoms with Crippen LogP contribution in [0.3, 0.4) is 0 Å². The fraction of sp³-hybridized carbons (Fsp3) is 0. The van der Waals surface area contributed by atoms with Crippen LogP contribution in [0.1, 0.15) is 5.56 Å². The van der Waals surface area contributed by atoms with Gasteiger partial charge in [-0.1, -0.05) is 27.5 Å². The van der Waals surface area contributed by atoms with Gasteiger partial charge < -0.3 is 5.32 Å². The zero-order valence-electron chi connectivity index (χ0n) is 9.35. The van der Waals surface area contributed by atoms with E-state index in [0.29, 0.717) is 11.3 Å². The first kappa shape index (κ1) is 13.8. The molecule has 0 saturated heterocycles. The Kier molecular flexibility index (Phi) is 4.03. The van der Waals surface area contributed by atoms with Crippen molar-refractivity contribution in [2.24, 2.45) is 0 Å². The molecular weight excluding hydrogens is 338 g/mol. The molecule has 0 aliphatic carbocycles. The van der Waals surface area contributed by atoms with E-state index in [-0.39, 0.29) is 10.7 Å². The van der Waals surface area contributed by atoms with Crippen LogP contribution in [-0.2, 0) is 0 Å². The largest absolute Gasteiger partial charge is 0.351 e. The van der Waals surface area contributed by atoms with Gasteiger partial charge in [0.1, 0.15) is 11.9 Å². The summed E-state index contributed by atoms with van der Waals surface area (Å²) in [4.78, 5) is 0. The number of nitrogens with zero attached hydrogens (tertiary/aromatic N) is 1. The highest BCUT2D eigenvalue weighted by Crippen LogP contribution is 2.31. The molecule has 0 radical (unpaired) electrons. The number of nitrogens with one attached hydrogen (secondary N) is 1. The van der Waals surface area contributed by atoms with E-state index in [4.69, 9.17) is 16.9 Å². The Labute approximate surface area is 121 Å². The molecular formula is C13H6BrClF2N2. The lowest BCUT2D eigenvalue weighted by molar-refractivity contribution is 0.586. The number of halogens is 4. The maximum Gasteiger partial charge on any atom is 0.151 e. The SMILES string of the molecule is N#Cc1cc(Br)ccc1Nc1c(F)cc(F)cc1Cl. The summed E-state index contributed by atoms with van der Waals surface area (Å²) >= 11 is 9.01. The van der Waals surface area contributed by atoms with Crippen LogP contribution in [-0.4, -0.2) is 0 Å². The highest BCUT2D eigenvalue weighted by molar-refractivity contribution is 9.10. The third kappa shape index (κ3) is 3.03. The molecule has 0 heterocycles. The zero-order valence-corrected chi connectivity index (χ0v) is 11.7. The number of hydrogen-bond acceptors (Lipinski definition) is 2. The van der Waals surface area contributed by atoms with Gasteiger partial charge in [-0.3, -0.25) is 0 Å². The van der Waals surface area contributed by atoms with Crippen LogP contribution in [0, 0.1) is 23.0 Å². The molecule has 0 unspecified atom stereocenters. The summed E-state index contributed by atoms with van der Waals surface area (Å²) in [6.45, 7) is 0. The minimum Gasteiger partial charge on any atom is -0.351 e. The van der Waals surface area contributed by atoms with Crippen molar-refractivity contribution in [2.45, 2.75) is 0 Å². The van der Waals surface area contributed by atoms with Gasteiger partial charge in [0.15, 0.2) is 5.82 Å². The summed E-state index contributed by atoms with van der Waals surface area (Å²) in [5, 5.41) is 11.6. The molecule has 1 N–H and O–H groups in total. The lowest BCUT2D eigenvalue weighted by atomic mass is 10.2. The van der Waals surface area contributed by atoms with Gasteiger partial charge in [0.25, 0.3) is 0 Å². The molecule has 19 heavy (non-hydrogen) atoms. The second-order valence-electron chi connectivity index (χ2n) is 3.67. The average Bonchev–Trinajstić information content (AvgIpc) is 2.35. The van der Waals surface area contributed by atoms with E-state index < -0.39 is 11.6 Å². The molecule has 0 atom stereocenters.